The molecule has 2 N–H and O–H groups in total. The van der Waals surface area contributed by atoms with Gasteiger partial charge >= 0.3 is 5.84 Å². The Morgan fingerprint density at radius 1 is 1.00 bits per heavy atom. The van der Waals surface area contributed by atoms with E-state index in [0.29, 0.717) is 34.4 Å². The molecule has 0 aliphatic carbocycles. The third kappa shape index (κ3) is 5.84. The maximum atomic E-state index is 13.4. The molecule has 0 spiro atoms. The zero-order chi connectivity index (χ0) is 26.4. The second kappa shape index (κ2) is 11.3. The summed E-state index contributed by atoms with van der Waals surface area (Å²) in [6, 6.07) is 14.4. The van der Waals surface area contributed by atoms with Gasteiger partial charge in [0.25, 0.3) is 0 Å². The molecule has 0 unspecified atom stereocenters. The van der Waals surface area contributed by atoms with Gasteiger partial charge < -0.3 is 9.73 Å². The average Bonchev–Trinajstić information content (AvgIpc) is 3.50. The van der Waals surface area contributed by atoms with Gasteiger partial charge in [-0.25, -0.2) is 27.5 Å². The van der Waals surface area contributed by atoms with E-state index in [2.05, 4.69) is 25.0 Å². The van der Waals surface area contributed by atoms with E-state index in [1.165, 1.54) is 18.4 Å². The van der Waals surface area contributed by atoms with Crippen molar-refractivity contribution in [3.8, 4) is 22.6 Å². The van der Waals surface area contributed by atoms with Crippen LogP contribution >= 0.6 is 0 Å². The van der Waals surface area contributed by atoms with Crippen LogP contribution in [0.2, 0.25) is 0 Å². The van der Waals surface area contributed by atoms with Gasteiger partial charge in [-0.15, -0.1) is 0 Å². The topological polar surface area (TPSA) is 114 Å². The summed E-state index contributed by atoms with van der Waals surface area (Å²) in [6.45, 7) is 6.31. The first-order valence-corrected chi connectivity index (χ1v) is 13.2. The fourth-order valence-electron chi connectivity index (χ4n) is 3.58. The van der Waals surface area contributed by atoms with Crippen molar-refractivity contribution in [3.05, 3.63) is 84.6 Å². The van der Waals surface area contributed by atoms with Crippen molar-refractivity contribution >= 4 is 21.8 Å². The lowest BCUT2D eigenvalue weighted by atomic mass is 10.1. The lowest BCUT2D eigenvalue weighted by molar-refractivity contribution is 0.582. The van der Waals surface area contributed by atoms with E-state index in [4.69, 9.17) is 4.42 Å². The molecule has 3 aromatic heterocycles. The number of sulfonamides is 1. The Morgan fingerprint density at radius 3 is 2.46 bits per heavy atom. The van der Waals surface area contributed by atoms with Gasteiger partial charge in [0, 0.05) is 33.9 Å². The molecule has 0 aliphatic heterocycles. The summed E-state index contributed by atoms with van der Waals surface area (Å²) in [5.41, 5.74) is 3.50. The zero-order valence-electron chi connectivity index (χ0n) is 20.6. The van der Waals surface area contributed by atoms with Crippen LogP contribution in [0.1, 0.15) is 22.3 Å². The Hall–Kier alpha value is -4.09. The molecule has 11 heteroatoms. The van der Waals surface area contributed by atoms with Crippen LogP contribution in [-0.2, 0) is 10.0 Å². The summed E-state index contributed by atoms with van der Waals surface area (Å²) in [5, 5.41) is 3.04. The molecule has 9 nitrogen and oxygen atoms in total. The van der Waals surface area contributed by atoms with Crippen LogP contribution < -0.4 is 10.0 Å². The smallest absolute Gasteiger partial charge is 0.306 e. The highest BCUT2D eigenvalue weighted by Crippen LogP contribution is 2.32. The molecule has 0 fully saturated rings. The zero-order valence-corrected chi connectivity index (χ0v) is 21.5. The molecule has 0 atom stereocenters. The van der Waals surface area contributed by atoms with E-state index in [0.717, 1.165) is 5.56 Å². The average molecular weight is 527 g/mol. The molecule has 3 heterocycles. The number of halogens is 1. The van der Waals surface area contributed by atoms with Crippen molar-refractivity contribution in [2.24, 2.45) is 0 Å². The van der Waals surface area contributed by atoms with Crippen molar-refractivity contribution < 1.29 is 20.1 Å². The summed E-state index contributed by atoms with van der Waals surface area (Å²) < 4.78 is 48.1. The number of nitrogens with zero attached hydrogens (tertiary/aromatic N) is 4. The lowest BCUT2D eigenvalue weighted by Gasteiger charge is -2.09. The molecular formula is C26H31FN6O3S. The number of oxazole rings is 1. The summed E-state index contributed by atoms with van der Waals surface area (Å²) in [6.07, 6.45) is 4.83. The number of rotatable bonds is 8. The predicted molar refractivity (Wildman–Crippen MR) is 144 cm³/mol. The highest BCUT2D eigenvalue weighted by atomic mass is 32.2. The summed E-state index contributed by atoms with van der Waals surface area (Å²) in [5.74, 6) is 0.350. The Kier molecular flexibility index (Phi) is 7.95. The molecule has 5 aromatic rings. The van der Waals surface area contributed by atoms with Crippen LogP contribution in [-0.4, -0.2) is 40.9 Å². The van der Waals surface area contributed by atoms with Crippen LogP contribution in [0, 0.1) is 12.7 Å². The molecule has 0 saturated heterocycles. The van der Waals surface area contributed by atoms with Crippen molar-refractivity contribution in [3.63, 3.8) is 0 Å². The summed E-state index contributed by atoms with van der Waals surface area (Å²) in [7, 11) is -3.61. The van der Waals surface area contributed by atoms with E-state index in [1.54, 1.807) is 59.3 Å². The summed E-state index contributed by atoms with van der Waals surface area (Å²) in [4.78, 5) is 13.5. The van der Waals surface area contributed by atoms with E-state index >= 15 is 0 Å². The van der Waals surface area contributed by atoms with Crippen molar-refractivity contribution in [1.29, 1.82) is 0 Å². The molecule has 0 radical (unpaired) electrons. The Balaban J connectivity index is 0.00000130. The normalized spacial score (nSPS) is 11.2. The van der Waals surface area contributed by atoms with Crippen molar-refractivity contribution in [2.75, 3.05) is 18.4 Å². The first kappa shape index (κ1) is 26.0. The molecule has 0 aliphatic rings. The number of hydrogen-bond acceptors (Lipinski definition) is 7. The number of aromatic nitrogens is 4. The molecule has 5 rings (SSSR count). The van der Waals surface area contributed by atoms with E-state index in [-0.39, 0.29) is 26.7 Å². The largest absolute Gasteiger partial charge is 0.432 e. The van der Waals surface area contributed by atoms with Gasteiger partial charge in [-0.2, -0.15) is 4.98 Å². The van der Waals surface area contributed by atoms with Gasteiger partial charge in [-0.05, 0) is 49.4 Å². The number of benzene rings is 2. The van der Waals surface area contributed by atoms with Gasteiger partial charge in [0.2, 0.25) is 16.0 Å². The van der Waals surface area contributed by atoms with Crippen LogP contribution in [0.3, 0.4) is 0 Å². The monoisotopic (exact) mass is 526 g/mol. The lowest BCUT2D eigenvalue weighted by Crippen LogP contribution is -2.29. The van der Waals surface area contributed by atoms with E-state index in [9.17, 15) is 12.8 Å². The van der Waals surface area contributed by atoms with E-state index < -0.39 is 10.0 Å². The minimum atomic E-state index is -3.61. The van der Waals surface area contributed by atoms with Crippen LogP contribution in [0.4, 0.5) is 10.3 Å². The predicted octanol–water partition coefficient (Wildman–Crippen LogP) is 5.41. The van der Waals surface area contributed by atoms with Crippen molar-refractivity contribution in [2.45, 2.75) is 25.7 Å². The van der Waals surface area contributed by atoms with Gasteiger partial charge in [-0.1, -0.05) is 31.5 Å². The molecule has 0 amide bonds. The van der Waals surface area contributed by atoms with Gasteiger partial charge in [0.05, 0.1) is 10.6 Å². The first-order valence-electron chi connectivity index (χ1n) is 11.8. The third-order valence-corrected chi connectivity index (χ3v) is 6.79. The number of aryl methyl sites for hydroxylation is 1. The van der Waals surface area contributed by atoms with Crippen LogP contribution in [0.5, 0.6) is 0 Å². The SMILES string of the molecule is CC.Cc1ccc(S(=O)(=O)NCCNc2nccc(-c3c(-c4ccc(F)cc4)nc4occn34)n2)cc1.[HH].[HH]. The number of nitrogens with one attached hydrogen (secondary N) is 2. The molecular weight excluding hydrogens is 495 g/mol. The fraction of sp³-hybridized carbons (Fsp3) is 0.192. The van der Waals surface area contributed by atoms with Crippen LogP contribution in [0.15, 0.2) is 82.6 Å². The van der Waals surface area contributed by atoms with Gasteiger partial charge in [0.15, 0.2) is 0 Å². The number of fused-ring (bicyclic) bond motifs is 1. The Bertz CT molecular complexity index is 1590. The second-order valence-corrected chi connectivity index (χ2v) is 9.54. The Morgan fingerprint density at radius 2 is 1.73 bits per heavy atom. The number of hydrogen-bond donors (Lipinski definition) is 2. The molecule has 2 aromatic carbocycles. The molecule has 0 saturated carbocycles. The standard InChI is InChI=1S/C24H21FN6O3S.C2H6.2H2/c1-16-2-8-19(9-3-16)35(32,33)28-13-12-27-23-26-11-10-20(29-23)22-21(17-4-6-18(25)7-5-17)30-24-31(22)14-15-34-24;1-2;;/h2-11,14-15,28H,12-13H2,1H3,(H,26,27,29);1-2H3;2*1H. The minimum Gasteiger partial charge on any atom is -0.432 e. The molecule has 196 valence electrons. The Labute approximate surface area is 217 Å². The quantitative estimate of drug-likeness (QED) is 0.260. The number of imidazole rings is 1. The van der Waals surface area contributed by atoms with Gasteiger partial charge in [-0.3, -0.25) is 4.40 Å². The highest BCUT2D eigenvalue weighted by Gasteiger charge is 2.19. The molecule has 37 heavy (non-hydrogen) atoms. The second-order valence-electron chi connectivity index (χ2n) is 7.77. The van der Waals surface area contributed by atoms with Gasteiger partial charge in [0.1, 0.15) is 23.5 Å². The molecule has 0 bridgehead atoms. The fourth-order valence-corrected chi connectivity index (χ4v) is 4.61. The third-order valence-electron chi connectivity index (χ3n) is 5.31. The highest BCUT2D eigenvalue weighted by molar-refractivity contribution is 7.89. The van der Waals surface area contributed by atoms with Crippen molar-refractivity contribution in [1.82, 2.24) is 24.1 Å². The maximum Gasteiger partial charge on any atom is 0.306 e. The van der Waals surface area contributed by atoms with Crippen LogP contribution in [0.25, 0.3) is 28.5 Å². The minimum absolute atomic E-state index is 0. The maximum absolute atomic E-state index is 13.4. The number of anilines is 1. The first-order chi connectivity index (χ1) is 17.9. The summed E-state index contributed by atoms with van der Waals surface area (Å²) >= 11 is 0. The van der Waals surface area contributed by atoms with E-state index in [1.807, 2.05) is 20.8 Å².